The van der Waals surface area contributed by atoms with Crippen LogP contribution in [0, 0.1) is 5.92 Å². The Morgan fingerprint density at radius 1 is 1.36 bits per heavy atom. The number of amides is 2. The summed E-state index contributed by atoms with van der Waals surface area (Å²) in [6, 6.07) is -0.542. The maximum absolute atomic E-state index is 11.3. The first kappa shape index (κ1) is 12.9. The fourth-order valence-electron chi connectivity index (χ4n) is 1.15. The number of rotatable bonds is 6. The van der Waals surface area contributed by atoms with Gasteiger partial charge in [0.05, 0.1) is 0 Å². The summed E-state index contributed by atoms with van der Waals surface area (Å²) >= 11 is 0. The quantitative estimate of drug-likeness (QED) is 0.665. The van der Waals surface area contributed by atoms with E-state index in [0.717, 1.165) is 12.8 Å². The fraction of sp³-hybridized carbons (Fsp3) is 0.800. The Bertz CT molecular complexity index is 202. The number of hydrogen-bond acceptors (Lipinski definition) is 2. The average Bonchev–Trinajstić information content (AvgIpc) is 2.09. The van der Waals surface area contributed by atoms with Crippen molar-refractivity contribution < 1.29 is 9.59 Å². The second-order valence-corrected chi connectivity index (χ2v) is 3.80. The molecule has 0 heterocycles. The van der Waals surface area contributed by atoms with E-state index in [0.29, 0.717) is 6.42 Å². The summed E-state index contributed by atoms with van der Waals surface area (Å²) in [5, 5.41) is 2.64. The largest absolute Gasteiger partial charge is 0.368 e. The Morgan fingerprint density at radius 3 is 2.29 bits per heavy atom. The molecule has 0 aliphatic heterocycles. The van der Waals surface area contributed by atoms with E-state index in [1.165, 1.54) is 0 Å². The monoisotopic (exact) mass is 200 g/mol. The van der Waals surface area contributed by atoms with Crippen LogP contribution in [0.1, 0.15) is 40.0 Å². The summed E-state index contributed by atoms with van der Waals surface area (Å²) in [6.07, 6.45) is 2.28. The molecule has 14 heavy (non-hydrogen) atoms. The van der Waals surface area contributed by atoms with Gasteiger partial charge in [0.2, 0.25) is 11.8 Å². The van der Waals surface area contributed by atoms with Crippen LogP contribution in [0.2, 0.25) is 0 Å². The van der Waals surface area contributed by atoms with Crippen molar-refractivity contribution >= 4 is 11.8 Å². The predicted molar refractivity (Wildman–Crippen MR) is 55.5 cm³/mol. The van der Waals surface area contributed by atoms with E-state index >= 15 is 0 Å². The first-order valence-corrected chi connectivity index (χ1v) is 5.07. The summed E-state index contributed by atoms with van der Waals surface area (Å²) < 4.78 is 0. The van der Waals surface area contributed by atoms with Gasteiger partial charge in [0.15, 0.2) is 0 Å². The molecule has 1 atom stereocenters. The van der Waals surface area contributed by atoms with Crippen LogP contribution < -0.4 is 11.1 Å². The van der Waals surface area contributed by atoms with Gasteiger partial charge in [-0.15, -0.1) is 0 Å². The summed E-state index contributed by atoms with van der Waals surface area (Å²) in [4.78, 5) is 22.3. The normalized spacial score (nSPS) is 12.6. The van der Waals surface area contributed by atoms with Crippen molar-refractivity contribution in [3.63, 3.8) is 0 Å². The molecule has 4 nitrogen and oxygen atoms in total. The van der Waals surface area contributed by atoms with Crippen molar-refractivity contribution in [3.05, 3.63) is 0 Å². The van der Waals surface area contributed by atoms with Gasteiger partial charge in [-0.05, 0) is 12.3 Å². The smallest absolute Gasteiger partial charge is 0.240 e. The van der Waals surface area contributed by atoms with Gasteiger partial charge in [-0.3, -0.25) is 9.59 Å². The lowest BCUT2D eigenvalue weighted by Gasteiger charge is -2.18. The van der Waals surface area contributed by atoms with Crippen molar-refractivity contribution in [1.82, 2.24) is 5.32 Å². The van der Waals surface area contributed by atoms with Crippen molar-refractivity contribution in [2.24, 2.45) is 11.7 Å². The number of carbonyl (C=O) groups excluding carboxylic acids is 2. The third-order valence-corrected chi connectivity index (χ3v) is 2.05. The van der Waals surface area contributed by atoms with Crippen LogP contribution >= 0.6 is 0 Å². The van der Waals surface area contributed by atoms with Crippen molar-refractivity contribution in [2.75, 3.05) is 0 Å². The molecule has 0 aromatic carbocycles. The average molecular weight is 200 g/mol. The number of nitrogens with one attached hydrogen (secondary N) is 1. The highest BCUT2D eigenvalue weighted by atomic mass is 16.2. The molecule has 0 spiro atoms. The highest BCUT2D eigenvalue weighted by Crippen LogP contribution is 2.02. The lowest BCUT2D eigenvalue weighted by molar-refractivity contribution is -0.128. The lowest BCUT2D eigenvalue weighted by Crippen LogP contribution is -2.47. The molecule has 0 radical (unpaired) electrons. The van der Waals surface area contributed by atoms with Crippen LogP contribution in [0.5, 0.6) is 0 Å². The zero-order valence-electron chi connectivity index (χ0n) is 9.17. The third kappa shape index (κ3) is 4.84. The SMILES string of the molecule is CCCCC(=O)N[C@H](C(N)=O)C(C)C. The van der Waals surface area contributed by atoms with Crippen LogP contribution in [0.15, 0.2) is 0 Å². The second kappa shape index (κ2) is 6.40. The molecule has 0 fully saturated rings. The van der Waals surface area contributed by atoms with Crippen LogP contribution in [0.3, 0.4) is 0 Å². The Hall–Kier alpha value is -1.06. The summed E-state index contributed by atoms with van der Waals surface area (Å²) in [5.41, 5.74) is 5.16. The molecule has 0 unspecified atom stereocenters. The Morgan fingerprint density at radius 2 is 1.93 bits per heavy atom. The summed E-state index contributed by atoms with van der Waals surface area (Å²) in [6.45, 7) is 5.73. The molecule has 0 aromatic rings. The molecule has 0 saturated carbocycles. The van der Waals surface area contributed by atoms with Gasteiger partial charge in [-0.25, -0.2) is 0 Å². The Balaban J connectivity index is 4.04. The van der Waals surface area contributed by atoms with Gasteiger partial charge in [0, 0.05) is 6.42 Å². The first-order valence-electron chi connectivity index (χ1n) is 5.07. The minimum atomic E-state index is -0.542. The van der Waals surface area contributed by atoms with Gasteiger partial charge in [-0.1, -0.05) is 27.2 Å². The number of carbonyl (C=O) groups is 2. The first-order chi connectivity index (χ1) is 6.49. The second-order valence-electron chi connectivity index (χ2n) is 3.80. The van der Waals surface area contributed by atoms with E-state index in [2.05, 4.69) is 5.32 Å². The van der Waals surface area contributed by atoms with Crippen molar-refractivity contribution in [1.29, 1.82) is 0 Å². The highest BCUT2D eigenvalue weighted by Gasteiger charge is 2.20. The molecule has 82 valence electrons. The summed E-state index contributed by atoms with van der Waals surface area (Å²) in [5.74, 6) is -0.521. The van der Waals surface area contributed by atoms with Crippen molar-refractivity contribution in [2.45, 2.75) is 46.1 Å². The van der Waals surface area contributed by atoms with E-state index in [1.54, 1.807) is 0 Å². The molecule has 0 rings (SSSR count). The van der Waals surface area contributed by atoms with E-state index in [9.17, 15) is 9.59 Å². The van der Waals surface area contributed by atoms with Gasteiger partial charge in [0.1, 0.15) is 6.04 Å². The maximum atomic E-state index is 11.3. The molecule has 0 saturated heterocycles. The van der Waals surface area contributed by atoms with Gasteiger partial charge in [0.25, 0.3) is 0 Å². The molecule has 4 heteroatoms. The van der Waals surface area contributed by atoms with Crippen LogP contribution in [0.4, 0.5) is 0 Å². The third-order valence-electron chi connectivity index (χ3n) is 2.05. The summed E-state index contributed by atoms with van der Waals surface area (Å²) in [7, 11) is 0. The highest BCUT2D eigenvalue weighted by molar-refractivity contribution is 5.86. The van der Waals surface area contributed by atoms with Gasteiger partial charge in [-0.2, -0.15) is 0 Å². The van der Waals surface area contributed by atoms with E-state index in [-0.39, 0.29) is 11.8 Å². The molecule has 2 amide bonds. The number of hydrogen-bond donors (Lipinski definition) is 2. The molecule has 0 aliphatic carbocycles. The van der Waals surface area contributed by atoms with E-state index < -0.39 is 11.9 Å². The topological polar surface area (TPSA) is 72.2 Å². The molecule has 0 bridgehead atoms. The molecular weight excluding hydrogens is 180 g/mol. The Labute approximate surface area is 85.2 Å². The zero-order valence-corrected chi connectivity index (χ0v) is 9.17. The zero-order chi connectivity index (χ0) is 11.1. The minimum absolute atomic E-state index is 0.0399. The molecule has 0 aromatic heterocycles. The van der Waals surface area contributed by atoms with Crippen LogP contribution in [0.25, 0.3) is 0 Å². The number of nitrogens with two attached hydrogens (primary N) is 1. The predicted octanol–water partition coefficient (Wildman–Crippen LogP) is 0.803. The molecule has 0 aliphatic rings. The van der Waals surface area contributed by atoms with E-state index in [4.69, 9.17) is 5.73 Å². The number of unbranched alkanes of at least 4 members (excludes halogenated alkanes) is 1. The Kier molecular flexibility index (Phi) is 5.92. The number of primary amides is 1. The minimum Gasteiger partial charge on any atom is -0.368 e. The van der Waals surface area contributed by atoms with Gasteiger partial charge >= 0.3 is 0 Å². The van der Waals surface area contributed by atoms with Crippen LogP contribution in [-0.2, 0) is 9.59 Å². The molecule has 3 N–H and O–H groups in total. The fourth-order valence-corrected chi connectivity index (χ4v) is 1.15. The van der Waals surface area contributed by atoms with Crippen molar-refractivity contribution in [3.8, 4) is 0 Å². The van der Waals surface area contributed by atoms with Crippen LogP contribution in [-0.4, -0.2) is 17.9 Å². The molecular formula is C10H20N2O2. The van der Waals surface area contributed by atoms with Gasteiger partial charge < -0.3 is 11.1 Å². The standard InChI is InChI=1S/C10H20N2O2/c1-4-5-6-8(13)12-9(7(2)3)10(11)14/h7,9H,4-6H2,1-3H3,(H2,11,14)(H,12,13)/t9-/m0/s1. The lowest BCUT2D eigenvalue weighted by atomic mass is 10.0. The maximum Gasteiger partial charge on any atom is 0.240 e. The van der Waals surface area contributed by atoms with E-state index in [1.807, 2.05) is 20.8 Å².